The van der Waals surface area contributed by atoms with E-state index >= 15 is 0 Å². The largest absolute Gasteiger partial charge is 0.348 e. The predicted octanol–water partition coefficient (Wildman–Crippen LogP) is 1.41. The van der Waals surface area contributed by atoms with Crippen molar-refractivity contribution in [1.82, 2.24) is 5.32 Å². The molecule has 1 heterocycles. The van der Waals surface area contributed by atoms with Crippen LogP contribution >= 0.6 is 0 Å². The van der Waals surface area contributed by atoms with Gasteiger partial charge >= 0.3 is 0 Å². The zero-order chi connectivity index (χ0) is 6.81. The van der Waals surface area contributed by atoms with Crippen molar-refractivity contribution in [2.45, 2.75) is 19.3 Å². The van der Waals surface area contributed by atoms with Crippen molar-refractivity contribution < 1.29 is 32.7 Å². The standard InChI is InChI=1S/C9H15N.Y/c1-2-4-8(3-1)9-5-6-10-7-9;/h3,5,8-10H,1-2,4,6-7H2;/q-2;. The molecule has 0 aromatic rings. The molecule has 2 heteroatoms. The van der Waals surface area contributed by atoms with Gasteiger partial charge in [0.25, 0.3) is 0 Å². The first-order chi connectivity index (χ1) is 4.97. The van der Waals surface area contributed by atoms with Crippen LogP contribution in [0.2, 0.25) is 0 Å². The molecule has 2 unspecified atom stereocenters. The molecule has 0 amide bonds. The number of hydrogen-bond donors (Lipinski definition) is 1. The summed E-state index contributed by atoms with van der Waals surface area (Å²) < 4.78 is 0. The molecule has 0 spiro atoms. The molecule has 1 radical (unpaired) electrons. The fourth-order valence-electron chi connectivity index (χ4n) is 2.09. The van der Waals surface area contributed by atoms with Gasteiger partial charge in [-0.05, 0) is 6.54 Å². The van der Waals surface area contributed by atoms with E-state index in [2.05, 4.69) is 18.2 Å². The normalized spacial score (nSPS) is 37.1. The molecule has 0 bridgehead atoms. The molecule has 2 rings (SSSR count). The van der Waals surface area contributed by atoms with Gasteiger partial charge < -0.3 is 18.2 Å². The van der Waals surface area contributed by atoms with E-state index in [0.29, 0.717) is 0 Å². The van der Waals surface area contributed by atoms with Gasteiger partial charge in [-0.3, -0.25) is 0 Å². The van der Waals surface area contributed by atoms with Gasteiger partial charge in [-0.25, -0.2) is 0 Å². The summed E-state index contributed by atoms with van der Waals surface area (Å²) in [6.07, 6.45) is 9.16. The Morgan fingerprint density at radius 2 is 2.09 bits per heavy atom. The zero-order valence-electron chi connectivity index (χ0n) is 6.92. The van der Waals surface area contributed by atoms with E-state index < -0.39 is 0 Å². The third kappa shape index (κ3) is 2.50. The third-order valence-electron chi connectivity index (χ3n) is 2.71. The van der Waals surface area contributed by atoms with E-state index in [0.717, 1.165) is 18.4 Å². The zero-order valence-corrected chi connectivity index (χ0v) is 9.76. The number of hydrogen-bond acceptors (Lipinski definition) is 1. The van der Waals surface area contributed by atoms with Crippen molar-refractivity contribution in [2.75, 3.05) is 13.1 Å². The SMILES string of the molecule is [CH-]1CCCC1C1[CH-]CNC1.[Y]. The second kappa shape index (κ2) is 4.94. The number of nitrogens with one attached hydrogen (secondary N) is 1. The molecule has 1 saturated heterocycles. The molecule has 11 heavy (non-hydrogen) atoms. The van der Waals surface area contributed by atoms with Gasteiger partial charge in [-0.15, -0.1) is 6.54 Å². The van der Waals surface area contributed by atoms with Gasteiger partial charge in [0, 0.05) is 32.7 Å². The third-order valence-corrected chi connectivity index (χ3v) is 2.71. The monoisotopic (exact) mass is 226 g/mol. The Balaban J connectivity index is 0.000000605. The quantitative estimate of drug-likeness (QED) is 0.666. The van der Waals surface area contributed by atoms with Gasteiger partial charge in [0.1, 0.15) is 0 Å². The van der Waals surface area contributed by atoms with Crippen molar-refractivity contribution in [2.24, 2.45) is 11.8 Å². The molecule has 2 fully saturated rings. The van der Waals surface area contributed by atoms with Gasteiger partial charge in [0.15, 0.2) is 0 Å². The molecule has 1 aliphatic carbocycles. The van der Waals surface area contributed by atoms with Crippen LogP contribution in [0.25, 0.3) is 0 Å². The summed E-state index contributed by atoms with van der Waals surface area (Å²) in [5.74, 6) is 1.78. The molecule has 2 aliphatic rings. The molecule has 0 aromatic heterocycles. The van der Waals surface area contributed by atoms with E-state index in [1.807, 2.05) is 0 Å². The van der Waals surface area contributed by atoms with Crippen LogP contribution in [-0.4, -0.2) is 13.1 Å². The van der Waals surface area contributed by atoms with Crippen LogP contribution in [-0.2, 0) is 32.7 Å². The van der Waals surface area contributed by atoms with Crippen molar-refractivity contribution >= 4 is 0 Å². The maximum absolute atomic E-state index is 3.37. The molecular formula is C9H15NY-2. The van der Waals surface area contributed by atoms with Crippen LogP contribution in [0.1, 0.15) is 19.3 Å². The fourth-order valence-corrected chi connectivity index (χ4v) is 2.09. The van der Waals surface area contributed by atoms with Crippen LogP contribution in [0, 0.1) is 24.7 Å². The van der Waals surface area contributed by atoms with Crippen molar-refractivity contribution in [3.8, 4) is 0 Å². The topological polar surface area (TPSA) is 12.0 Å². The van der Waals surface area contributed by atoms with E-state index in [1.165, 1.54) is 25.8 Å². The molecule has 1 N–H and O–H groups in total. The second-order valence-corrected chi connectivity index (χ2v) is 3.39. The average Bonchev–Trinajstić information content (AvgIpc) is 2.59. The maximum Gasteiger partial charge on any atom is 0 e. The summed E-state index contributed by atoms with van der Waals surface area (Å²) >= 11 is 0. The van der Waals surface area contributed by atoms with Crippen molar-refractivity contribution in [3.63, 3.8) is 0 Å². The first kappa shape index (κ1) is 10.1. The van der Waals surface area contributed by atoms with Crippen LogP contribution < -0.4 is 5.32 Å². The molecule has 1 nitrogen and oxygen atoms in total. The maximum atomic E-state index is 3.37. The smallest absolute Gasteiger partial charge is 0 e. The molecule has 1 saturated carbocycles. The van der Waals surface area contributed by atoms with Crippen molar-refractivity contribution in [1.29, 1.82) is 0 Å². The van der Waals surface area contributed by atoms with Gasteiger partial charge in [0.2, 0.25) is 0 Å². The van der Waals surface area contributed by atoms with Gasteiger partial charge in [0.05, 0.1) is 0 Å². The Bertz CT molecular complexity index is 90.1. The molecule has 2 atom stereocenters. The van der Waals surface area contributed by atoms with Gasteiger partial charge in [-0.1, -0.05) is 12.8 Å². The van der Waals surface area contributed by atoms with E-state index in [9.17, 15) is 0 Å². The molecule has 0 aromatic carbocycles. The van der Waals surface area contributed by atoms with E-state index in [4.69, 9.17) is 0 Å². The van der Waals surface area contributed by atoms with E-state index in [-0.39, 0.29) is 32.7 Å². The summed E-state index contributed by atoms with van der Waals surface area (Å²) in [6, 6.07) is 0. The molecule has 1 aliphatic heterocycles. The Morgan fingerprint density at radius 1 is 1.18 bits per heavy atom. The average molecular weight is 226 g/mol. The van der Waals surface area contributed by atoms with Gasteiger partial charge in [-0.2, -0.15) is 18.3 Å². The first-order valence-corrected chi connectivity index (χ1v) is 4.34. The van der Waals surface area contributed by atoms with Crippen molar-refractivity contribution in [3.05, 3.63) is 12.8 Å². The Morgan fingerprint density at radius 3 is 2.64 bits per heavy atom. The minimum atomic E-state index is 0. The van der Waals surface area contributed by atoms with Crippen LogP contribution in [0.15, 0.2) is 0 Å². The minimum absolute atomic E-state index is 0. The summed E-state index contributed by atoms with van der Waals surface area (Å²) in [7, 11) is 0. The Hall–Kier alpha value is 1.06. The van der Waals surface area contributed by atoms with Crippen LogP contribution in [0.5, 0.6) is 0 Å². The summed E-state index contributed by atoms with van der Waals surface area (Å²) in [5, 5.41) is 3.37. The second-order valence-electron chi connectivity index (χ2n) is 3.39. The summed E-state index contributed by atoms with van der Waals surface area (Å²) in [6.45, 7) is 2.36. The Labute approximate surface area is 94.6 Å². The Kier molecular flexibility index (Phi) is 4.56. The number of rotatable bonds is 1. The molecular weight excluding hydrogens is 211 g/mol. The summed E-state index contributed by atoms with van der Waals surface area (Å²) in [5.41, 5.74) is 0. The molecule has 61 valence electrons. The van der Waals surface area contributed by atoms with Crippen LogP contribution in [0.4, 0.5) is 0 Å². The van der Waals surface area contributed by atoms with Crippen LogP contribution in [0.3, 0.4) is 0 Å². The fraction of sp³-hybridized carbons (Fsp3) is 0.778. The first-order valence-electron chi connectivity index (χ1n) is 4.34. The summed E-state index contributed by atoms with van der Waals surface area (Å²) in [4.78, 5) is 0. The minimum Gasteiger partial charge on any atom is -0.348 e. The van der Waals surface area contributed by atoms with E-state index in [1.54, 1.807) is 0 Å². The predicted molar refractivity (Wildman–Crippen MR) is 42.3 cm³/mol.